The topological polar surface area (TPSA) is 64.0 Å². The average Bonchev–Trinajstić information content (AvgIpc) is 2.64. The van der Waals surface area contributed by atoms with Crippen molar-refractivity contribution in [1.29, 1.82) is 0 Å². The molecule has 0 radical (unpaired) electrons. The molecule has 1 atom stereocenters. The lowest BCUT2D eigenvalue weighted by Crippen LogP contribution is -2.33. The van der Waals surface area contributed by atoms with E-state index < -0.39 is 6.04 Å². The van der Waals surface area contributed by atoms with Gasteiger partial charge in [0.2, 0.25) is 5.91 Å². The molecule has 0 aliphatic carbocycles. The van der Waals surface area contributed by atoms with Crippen LogP contribution in [0.4, 0.5) is 5.69 Å². The molecule has 0 spiro atoms. The fraction of sp³-hybridized carbons (Fsp3) is 0.150. The van der Waals surface area contributed by atoms with Gasteiger partial charge in [-0.3, -0.25) is 9.59 Å². The molecule has 0 aliphatic heterocycles. The second-order valence-corrected chi connectivity index (χ2v) is 5.85. The van der Waals surface area contributed by atoms with Crippen LogP contribution in [0.1, 0.15) is 18.5 Å². The summed E-state index contributed by atoms with van der Waals surface area (Å²) in [6.45, 7) is 3.58. The maximum absolute atomic E-state index is 12.6. The molecule has 0 saturated heterocycles. The van der Waals surface area contributed by atoms with Crippen LogP contribution >= 0.6 is 0 Å². The third kappa shape index (κ3) is 3.66. The van der Waals surface area contributed by atoms with Crippen molar-refractivity contribution in [2.75, 3.05) is 5.32 Å². The molecule has 126 valence electrons. The minimum atomic E-state index is -0.726. The van der Waals surface area contributed by atoms with Gasteiger partial charge in [-0.2, -0.15) is 5.10 Å². The molecular formula is C20H19N3O2. The van der Waals surface area contributed by atoms with Gasteiger partial charge in [0.1, 0.15) is 6.04 Å². The lowest BCUT2D eigenvalue weighted by atomic mass is 10.1. The van der Waals surface area contributed by atoms with Gasteiger partial charge in [0, 0.05) is 17.3 Å². The molecular weight excluding hydrogens is 314 g/mol. The van der Waals surface area contributed by atoms with Crippen LogP contribution in [0, 0.1) is 6.92 Å². The Hall–Kier alpha value is -3.21. The largest absolute Gasteiger partial charge is 0.324 e. The molecule has 1 heterocycles. The fourth-order valence-corrected chi connectivity index (χ4v) is 2.53. The van der Waals surface area contributed by atoms with Crippen molar-refractivity contribution in [3.05, 3.63) is 82.6 Å². The highest BCUT2D eigenvalue weighted by Crippen LogP contribution is 2.17. The van der Waals surface area contributed by atoms with Crippen molar-refractivity contribution in [2.45, 2.75) is 19.9 Å². The Morgan fingerprint density at radius 3 is 2.40 bits per heavy atom. The Bertz CT molecular complexity index is 948. The van der Waals surface area contributed by atoms with E-state index in [0.29, 0.717) is 5.69 Å². The third-order valence-electron chi connectivity index (χ3n) is 4.04. The smallest absolute Gasteiger partial charge is 0.267 e. The van der Waals surface area contributed by atoms with Gasteiger partial charge >= 0.3 is 0 Å². The highest BCUT2D eigenvalue weighted by Gasteiger charge is 2.18. The van der Waals surface area contributed by atoms with E-state index in [-0.39, 0.29) is 11.5 Å². The first-order valence-corrected chi connectivity index (χ1v) is 8.08. The van der Waals surface area contributed by atoms with Gasteiger partial charge in [-0.1, -0.05) is 48.5 Å². The molecule has 25 heavy (non-hydrogen) atoms. The van der Waals surface area contributed by atoms with E-state index in [2.05, 4.69) is 10.4 Å². The van der Waals surface area contributed by atoms with Crippen LogP contribution in [0.25, 0.3) is 11.3 Å². The van der Waals surface area contributed by atoms with Crippen molar-refractivity contribution < 1.29 is 4.79 Å². The molecule has 0 saturated carbocycles. The van der Waals surface area contributed by atoms with Gasteiger partial charge in [0.15, 0.2) is 0 Å². The molecule has 5 heteroatoms. The minimum absolute atomic E-state index is 0.283. The molecule has 1 aromatic heterocycles. The van der Waals surface area contributed by atoms with Crippen molar-refractivity contribution in [3.63, 3.8) is 0 Å². The maximum Gasteiger partial charge on any atom is 0.267 e. The number of aryl methyl sites for hydroxylation is 1. The molecule has 5 nitrogen and oxygen atoms in total. The first kappa shape index (κ1) is 16.6. The standard InChI is InChI=1S/C20H19N3O2/c1-14-8-6-7-11-17(14)21-20(25)15(2)23-19(24)13-12-18(22-23)16-9-4-3-5-10-16/h3-13,15H,1-2H3,(H,21,25)/t15-/m1/s1. The molecule has 0 unspecified atom stereocenters. The number of benzene rings is 2. The quantitative estimate of drug-likeness (QED) is 0.796. The van der Waals surface area contributed by atoms with Crippen molar-refractivity contribution >= 4 is 11.6 Å². The monoisotopic (exact) mass is 333 g/mol. The zero-order chi connectivity index (χ0) is 17.8. The highest BCUT2D eigenvalue weighted by atomic mass is 16.2. The Kier molecular flexibility index (Phi) is 4.75. The fourth-order valence-electron chi connectivity index (χ4n) is 2.53. The van der Waals surface area contributed by atoms with Gasteiger partial charge in [0.25, 0.3) is 5.56 Å². The van der Waals surface area contributed by atoms with E-state index in [1.165, 1.54) is 10.7 Å². The lowest BCUT2D eigenvalue weighted by molar-refractivity contribution is -0.119. The van der Waals surface area contributed by atoms with Gasteiger partial charge in [0.05, 0.1) is 5.69 Å². The van der Waals surface area contributed by atoms with Crippen LogP contribution in [0.3, 0.4) is 0 Å². The lowest BCUT2D eigenvalue weighted by Gasteiger charge is -2.16. The van der Waals surface area contributed by atoms with E-state index in [4.69, 9.17) is 0 Å². The number of rotatable bonds is 4. The summed E-state index contributed by atoms with van der Waals surface area (Å²) in [7, 11) is 0. The van der Waals surface area contributed by atoms with E-state index in [1.807, 2.05) is 61.5 Å². The number of nitrogens with one attached hydrogen (secondary N) is 1. The van der Waals surface area contributed by atoms with Crippen molar-refractivity contribution in [3.8, 4) is 11.3 Å². The Balaban J connectivity index is 1.89. The molecule has 0 aliphatic rings. The normalized spacial score (nSPS) is 11.8. The maximum atomic E-state index is 12.6. The summed E-state index contributed by atoms with van der Waals surface area (Å²) in [6, 6.07) is 19.4. The van der Waals surface area contributed by atoms with Gasteiger partial charge in [-0.25, -0.2) is 4.68 Å². The summed E-state index contributed by atoms with van der Waals surface area (Å²) in [5.41, 5.74) is 2.92. The molecule has 0 fully saturated rings. The zero-order valence-electron chi connectivity index (χ0n) is 14.1. The molecule has 1 amide bonds. The predicted molar refractivity (Wildman–Crippen MR) is 98.5 cm³/mol. The predicted octanol–water partition coefficient (Wildman–Crippen LogP) is 3.42. The van der Waals surface area contributed by atoms with Crippen LogP contribution in [0.5, 0.6) is 0 Å². The van der Waals surface area contributed by atoms with E-state index in [9.17, 15) is 9.59 Å². The number of aromatic nitrogens is 2. The van der Waals surface area contributed by atoms with Gasteiger partial charge in [-0.15, -0.1) is 0 Å². The highest BCUT2D eigenvalue weighted by molar-refractivity contribution is 5.94. The van der Waals surface area contributed by atoms with Crippen molar-refractivity contribution in [1.82, 2.24) is 9.78 Å². The summed E-state index contributed by atoms with van der Waals surface area (Å²) in [5.74, 6) is -0.283. The second kappa shape index (κ2) is 7.13. The minimum Gasteiger partial charge on any atom is -0.324 e. The SMILES string of the molecule is Cc1ccccc1NC(=O)[C@@H](C)n1nc(-c2ccccc2)ccc1=O. The number of nitrogens with zero attached hydrogens (tertiary/aromatic N) is 2. The Morgan fingerprint density at radius 2 is 1.68 bits per heavy atom. The molecule has 3 rings (SSSR count). The number of carbonyl (C=O) groups excluding carboxylic acids is 1. The number of hydrogen-bond acceptors (Lipinski definition) is 3. The van der Waals surface area contributed by atoms with E-state index >= 15 is 0 Å². The van der Waals surface area contributed by atoms with Crippen molar-refractivity contribution in [2.24, 2.45) is 0 Å². The molecule has 0 bridgehead atoms. The van der Waals surface area contributed by atoms with Crippen LogP contribution < -0.4 is 10.9 Å². The molecule has 2 aromatic carbocycles. The summed E-state index contributed by atoms with van der Waals surface area (Å²) in [5, 5.41) is 7.23. The zero-order valence-corrected chi connectivity index (χ0v) is 14.1. The average molecular weight is 333 g/mol. The van der Waals surface area contributed by atoms with Crippen LogP contribution in [0.2, 0.25) is 0 Å². The first-order valence-electron chi connectivity index (χ1n) is 8.08. The van der Waals surface area contributed by atoms with Crippen LogP contribution in [-0.4, -0.2) is 15.7 Å². The Morgan fingerprint density at radius 1 is 1.00 bits per heavy atom. The van der Waals surface area contributed by atoms with Crippen LogP contribution in [0.15, 0.2) is 71.5 Å². The number of anilines is 1. The third-order valence-corrected chi connectivity index (χ3v) is 4.04. The summed E-state index contributed by atoms with van der Waals surface area (Å²) in [4.78, 5) is 24.7. The first-order chi connectivity index (χ1) is 12.1. The summed E-state index contributed by atoms with van der Waals surface area (Å²) < 4.78 is 1.22. The Labute approximate surface area is 145 Å². The summed E-state index contributed by atoms with van der Waals surface area (Å²) >= 11 is 0. The van der Waals surface area contributed by atoms with Gasteiger partial charge < -0.3 is 5.32 Å². The van der Waals surface area contributed by atoms with E-state index in [0.717, 1.165) is 16.8 Å². The second-order valence-electron chi connectivity index (χ2n) is 5.85. The molecule has 3 aromatic rings. The number of para-hydroxylation sites is 1. The number of hydrogen-bond donors (Lipinski definition) is 1. The summed E-state index contributed by atoms with van der Waals surface area (Å²) in [6.07, 6.45) is 0. The number of amides is 1. The van der Waals surface area contributed by atoms with Crippen LogP contribution in [-0.2, 0) is 4.79 Å². The number of carbonyl (C=O) groups is 1. The van der Waals surface area contributed by atoms with E-state index in [1.54, 1.807) is 13.0 Å². The molecule has 1 N–H and O–H groups in total. The van der Waals surface area contributed by atoms with Gasteiger partial charge in [-0.05, 0) is 31.5 Å².